The maximum absolute atomic E-state index is 12.4. The summed E-state index contributed by atoms with van der Waals surface area (Å²) in [6.45, 7) is 9.08. The molecule has 2 aliphatic heterocycles. The second kappa shape index (κ2) is 6.82. The van der Waals surface area contributed by atoms with Crippen LogP contribution in [0.2, 0.25) is 0 Å². The van der Waals surface area contributed by atoms with E-state index in [1.54, 1.807) is 26.8 Å². The predicted molar refractivity (Wildman–Crippen MR) is 94.1 cm³/mol. The Morgan fingerprint density at radius 1 is 1.46 bits per heavy atom. The van der Waals surface area contributed by atoms with Crippen molar-refractivity contribution in [3.63, 3.8) is 0 Å². The molecule has 0 aromatic heterocycles. The molecular weight excluding hydrogens is 336 g/mol. The second-order valence-electron chi connectivity index (χ2n) is 7.91. The zero-order chi connectivity index (χ0) is 19.2. The molecule has 2 heterocycles. The lowest BCUT2D eigenvalue weighted by Gasteiger charge is -2.30. The first-order valence-corrected chi connectivity index (χ1v) is 9.25. The molecule has 26 heavy (non-hydrogen) atoms. The fourth-order valence-electron chi connectivity index (χ4n) is 4.01. The fourth-order valence-corrected chi connectivity index (χ4v) is 4.01. The Balaban J connectivity index is 1.96. The third-order valence-corrected chi connectivity index (χ3v) is 6.08. The number of ether oxygens (including phenoxy) is 3. The number of allylic oxidation sites excluding steroid dienone is 1. The van der Waals surface area contributed by atoms with Gasteiger partial charge in [-0.05, 0) is 34.1 Å². The monoisotopic (exact) mass is 364 g/mol. The third kappa shape index (κ3) is 3.21. The van der Waals surface area contributed by atoms with E-state index in [1.165, 1.54) is 0 Å². The highest BCUT2D eigenvalue weighted by molar-refractivity contribution is 5.87. The SMILES string of the molecule is C/C=C(\C)C(=O)O[C@H]1C/C(C)=C/C[C@H](O)[C@@]2(C)O[C@@H]2[C@H]2OC(=O)[C@@H](C)[C@@H]21. The van der Waals surface area contributed by atoms with Crippen LogP contribution in [-0.2, 0) is 23.8 Å². The van der Waals surface area contributed by atoms with Crippen LogP contribution < -0.4 is 0 Å². The van der Waals surface area contributed by atoms with Gasteiger partial charge in [0.05, 0.1) is 12.0 Å². The molecule has 0 saturated carbocycles. The minimum Gasteiger partial charge on any atom is -0.459 e. The molecule has 3 aliphatic rings. The molecule has 0 aromatic rings. The number of rotatable bonds is 2. The average Bonchev–Trinajstić information content (AvgIpc) is 3.21. The van der Waals surface area contributed by atoms with E-state index in [-0.39, 0.29) is 24.0 Å². The Morgan fingerprint density at radius 2 is 2.15 bits per heavy atom. The van der Waals surface area contributed by atoms with Crippen LogP contribution >= 0.6 is 0 Å². The third-order valence-electron chi connectivity index (χ3n) is 6.08. The summed E-state index contributed by atoms with van der Waals surface area (Å²) in [5, 5.41) is 10.5. The number of aliphatic hydroxyl groups excluding tert-OH is 1. The minimum atomic E-state index is -0.741. The average molecular weight is 364 g/mol. The number of aliphatic hydroxyl groups is 1. The van der Waals surface area contributed by atoms with E-state index in [9.17, 15) is 14.7 Å². The van der Waals surface area contributed by atoms with Gasteiger partial charge in [0.25, 0.3) is 0 Å². The van der Waals surface area contributed by atoms with Crippen molar-refractivity contribution in [2.45, 2.75) is 77.5 Å². The van der Waals surface area contributed by atoms with Gasteiger partial charge in [0.2, 0.25) is 0 Å². The summed E-state index contributed by atoms with van der Waals surface area (Å²) in [7, 11) is 0. The number of esters is 2. The second-order valence-corrected chi connectivity index (χ2v) is 7.91. The standard InChI is InChI=1S/C20H28O6/c1-6-11(3)18(22)24-13-9-10(2)7-8-14(21)20(5)17(26-20)16-15(13)12(4)19(23)25-16/h6-7,12-17,21H,8-9H2,1-5H3/b10-7+,11-6+/t12-,13-,14-,15+,16-,17+,20+/m0/s1. The normalized spacial score (nSPS) is 44.9. The van der Waals surface area contributed by atoms with Gasteiger partial charge in [-0.2, -0.15) is 0 Å². The first-order chi connectivity index (χ1) is 12.2. The maximum atomic E-state index is 12.4. The molecule has 6 heteroatoms. The Hall–Kier alpha value is -1.66. The smallest absolute Gasteiger partial charge is 0.333 e. The molecule has 0 aromatic carbocycles. The molecular formula is C20H28O6. The zero-order valence-corrected chi connectivity index (χ0v) is 16.0. The molecule has 0 spiro atoms. The van der Waals surface area contributed by atoms with Crippen molar-refractivity contribution in [3.05, 3.63) is 23.3 Å². The van der Waals surface area contributed by atoms with Crippen LogP contribution in [-0.4, -0.2) is 47.1 Å². The molecule has 2 fully saturated rings. The quantitative estimate of drug-likeness (QED) is 0.350. The van der Waals surface area contributed by atoms with E-state index >= 15 is 0 Å². The summed E-state index contributed by atoms with van der Waals surface area (Å²) in [6, 6.07) is 0. The molecule has 7 atom stereocenters. The summed E-state index contributed by atoms with van der Waals surface area (Å²) < 4.78 is 17.2. The molecule has 3 rings (SSSR count). The van der Waals surface area contributed by atoms with E-state index in [0.29, 0.717) is 18.4 Å². The highest BCUT2D eigenvalue weighted by atomic mass is 16.7. The minimum absolute atomic E-state index is 0.308. The molecule has 0 radical (unpaired) electrons. The van der Waals surface area contributed by atoms with Crippen LogP contribution in [0.25, 0.3) is 0 Å². The number of carbonyl (C=O) groups is 2. The van der Waals surface area contributed by atoms with Gasteiger partial charge in [-0.3, -0.25) is 4.79 Å². The number of epoxide rings is 1. The van der Waals surface area contributed by atoms with Gasteiger partial charge in [0, 0.05) is 17.9 Å². The van der Waals surface area contributed by atoms with E-state index in [1.807, 2.05) is 19.9 Å². The Bertz CT molecular complexity index is 665. The predicted octanol–water partition coefficient (Wildman–Crippen LogP) is 2.30. The van der Waals surface area contributed by atoms with Crippen LogP contribution in [0, 0.1) is 11.8 Å². The van der Waals surface area contributed by atoms with Gasteiger partial charge in [-0.15, -0.1) is 0 Å². The first kappa shape index (κ1) is 19.1. The van der Waals surface area contributed by atoms with E-state index in [4.69, 9.17) is 14.2 Å². The van der Waals surface area contributed by atoms with Crippen LogP contribution in [0.15, 0.2) is 23.3 Å². The summed E-state index contributed by atoms with van der Waals surface area (Å²) in [5.41, 5.74) is 0.795. The number of fused-ring (bicyclic) bond motifs is 3. The Morgan fingerprint density at radius 3 is 2.81 bits per heavy atom. The van der Waals surface area contributed by atoms with Gasteiger partial charge >= 0.3 is 11.9 Å². The highest BCUT2D eigenvalue weighted by Gasteiger charge is 2.67. The lowest BCUT2D eigenvalue weighted by molar-refractivity contribution is -0.149. The Kier molecular flexibility index (Phi) is 5.01. The van der Waals surface area contributed by atoms with E-state index in [0.717, 1.165) is 5.57 Å². The summed E-state index contributed by atoms with van der Waals surface area (Å²) in [5.74, 6) is -1.40. The molecule has 144 valence electrons. The summed E-state index contributed by atoms with van der Waals surface area (Å²) in [6.07, 6.45) is 2.57. The van der Waals surface area contributed by atoms with Crippen molar-refractivity contribution in [2.75, 3.05) is 0 Å². The van der Waals surface area contributed by atoms with E-state index < -0.39 is 29.8 Å². The van der Waals surface area contributed by atoms with E-state index in [2.05, 4.69) is 0 Å². The highest BCUT2D eigenvalue weighted by Crippen LogP contribution is 2.50. The lowest BCUT2D eigenvalue weighted by Crippen LogP contribution is -2.42. The van der Waals surface area contributed by atoms with Crippen molar-refractivity contribution < 1.29 is 28.9 Å². The van der Waals surface area contributed by atoms with Crippen molar-refractivity contribution in [3.8, 4) is 0 Å². The topological polar surface area (TPSA) is 85.4 Å². The Labute approximate surface area is 154 Å². The van der Waals surface area contributed by atoms with Crippen molar-refractivity contribution >= 4 is 11.9 Å². The largest absolute Gasteiger partial charge is 0.459 e. The van der Waals surface area contributed by atoms with Crippen molar-refractivity contribution in [1.29, 1.82) is 0 Å². The molecule has 0 unspecified atom stereocenters. The van der Waals surface area contributed by atoms with Gasteiger partial charge in [-0.1, -0.05) is 24.6 Å². The molecule has 6 nitrogen and oxygen atoms in total. The molecule has 1 aliphatic carbocycles. The lowest BCUT2D eigenvalue weighted by atomic mass is 9.79. The van der Waals surface area contributed by atoms with Gasteiger partial charge < -0.3 is 19.3 Å². The van der Waals surface area contributed by atoms with Gasteiger partial charge in [-0.25, -0.2) is 4.79 Å². The number of carbonyl (C=O) groups excluding carboxylic acids is 2. The fraction of sp³-hybridized carbons (Fsp3) is 0.700. The van der Waals surface area contributed by atoms with Crippen LogP contribution in [0.5, 0.6) is 0 Å². The molecule has 2 saturated heterocycles. The first-order valence-electron chi connectivity index (χ1n) is 9.25. The number of hydrogen-bond acceptors (Lipinski definition) is 6. The maximum Gasteiger partial charge on any atom is 0.333 e. The van der Waals surface area contributed by atoms with Gasteiger partial charge in [0.15, 0.2) is 0 Å². The molecule has 0 amide bonds. The van der Waals surface area contributed by atoms with Crippen LogP contribution in [0.3, 0.4) is 0 Å². The van der Waals surface area contributed by atoms with Gasteiger partial charge in [0.1, 0.15) is 23.9 Å². The molecule has 0 bridgehead atoms. The zero-order valence-electron chi connectivity index (χ0n) is 16.0. The van der Waals surface area contributed by atoms with Crippen LogP contribution in [0.4, 0.5) is 0 Å². The summed E-state index contributed by atoms with van der Waals surface area (Å²) in [4.78, 5) is 24.7. The van der Waals surface area contributed by atoms with Crippen molar-refractivity contribution in [2.24, 2.45) is 11.8 Å². The van der Waals surface area contributed by atoms with Crippen LogP contribution in [0.1, 0.15) is 47.5 Å². The number of hydrogen-bond donors (Lipinski definition) is 1. The van der Waals surface area contributed by atoms with Crippen molar-refractivity contribution in [1.82, 2.24) is 0 Å². The molecule has 1 N–H and O–H groups in total. The summed E-state index contributed by atoms with van der Waals surface area (Å²) >= 11 is 0.